The molecule has 0 radical (unpaired) electrons. The molecule has 0 heterocycles. The molecule has 0 saturated heterocycles. The van der Waals surface area contributed by atoms with Crippen LogP contribution >= 0.6 is 11.6 Å². The quantitative estimate of drug-likeness (QED) is 0.542. The molecule has 1 atom stereocenters. The van der Waals surface area contributed by atoms with Crippen LogP contribution in [-0.2, 0) is 14.8 Å². The smallest absolute Gasteiger partial charge is 0.264 e. The predicted molar refractivity (Wildman–Crippen MR) is 125 cm³/mol. The molecule has 7 heteroatoms. The number of halogens is 1. The Hall–Kier alpha value is -2.83. The van der Waals surface area contributed by atoms with Crippen molar-refractivity contribution in [2.45, 2.75) is 31.7 Å². The van der Waals surface area contributed by atoms with Gasteiger partial charge in [-0.1, -0.05) is 65.7 Å². The van der Waals surface area contributed by atoms with Crippen LogP contribution in [-0.4, -0.2) is 20.9 Å². The minimum absolute atomic E-state index is 0.112. The minimum Gasteiger partial charge on any atom is -0.348 e. The number of nitrogens with zero attached hydrogens (tertiary/aromatic N) is 1. The summed E-state index contributed by atoms with van der Waals surface area (Å²) in [5.41, 5.74) is 2.83. The first-order chi connectivity index (χ1) is 14.7. The van der Waals surface area contributed by atoms with E-state index in [-0.39, 0.29) is 17.5 Å². The maximum Gasteiger partial charge on any atom is 0.264 e. The molecule has 1 N–H and O–H groups in total. The van der Waals surface area contributed by atoms with E-state index in [0.717, 1.165) is 15.4 Å². The standard InChI is InChI=1S/C24H25ClN2O3S/c1-17-12-14-21(15-13-17)31(29,30)27(23-11-7-10-22(25)18(23)2)16-24(28)26-19(3)20-8-5-4-6-9-20/h4-15,19H,16H2,1-3H3,(H,26,28)/t19-/m1/s1. The average molecular weight is 457 g/mol. The summed E-state index contributed by atoms with van der Waals surface area (Å²) in [5.74, 6) is -0.411. The lowest BCUT2D eigenvalue weighted by molar-refractivity contribution is -0.120. The van der Waals surface area contributed by atoms with Crippen LogP contribution in [0, 0.1) is 13.8 Å². The van der Waals surface area contributed by atoms with Crippen LogP contribution in [0.25, 0.3) is 0 Å². The first kappa shape index (κ1) is 22.8. The van der Waals surface area contributed by atoms with Gasteiger partial charge in [0.15, 0.2) is 0 Å². The maximum atomic E-state index is 13.5. The van der Waals surface area contributed by atoms with E-state index in [1.165, 1.54) is 0 Å². The van der Waals surface area contributed by atoms with Gasteiger partial charge in [-0.3, -0.25) is 9.10 Å². The number of anilines is 1. The van der Waals surface area contributed by atoms with Gasteiger partial charge in [0.25, 0.3) is 10.0 Å². The van der Waals surface area contributed by atoms with E-state index >= 15 is 0 Å². The molecule has 0 unspecified atom stereocenters. The fourth-order valence-corrected chi connectivity index (χ4v) is 4.89. The number of amides is 1. The van der Waals surface area contributed by atoms with Crippen molar-refractivity contribution in [2.75, 3.05) is 10.8 Å². The molecule has 0 aliphatic heterocycles. The lowest BCUT2D eigenvalue weighted by atomic mass is 10.1. The molecule has 0 saturated carbocycles. The van der Waals surface area contributed by atoms with Crippen molar-refractivity contribution in [1.82, 2.24) is 5.32 Å². The fourth-order valence-electron chi connectivity index (χ4n) is 3.25. The van der Waals surface area contributed by atoms with E-state index < -0.39 is 15.9 Å². The molecular weight excluding hydrogens is 432 g/mol. The Bertz CT molecular complexity index is 1160. The average Bonchev–Trinajstić information content (AvgIpc) is 2.75. The predicted octanol–water partition coefficient (Wildman–Crippen LogP) is 5.03. The molecule has 3 aromatic rings. The van der Waals surface area contributed by atoms with Crippen LogP contribution in [0.15, 0.2) is 77.7 Å². The van der Waals surface area contributed by atoms with E-state index in [1.807, 2.05) is 44.2 Å². The van der Waals surface area contributed by atoms with Crippen molar-refractivity contribution in [1.29, 1.82) is 0 Å². The second-order valence-electron chi connectivity index (χ2n) is 7.41. The highest BCUT2D eigenvalue weighted by molar-refractivity contribution is 7.92. The van der Waals surface area contributed by atoms with Crippen molar-refractivity contribution in [3.8, 4) is 0 Å². The molecule has 0 fully saturated rings. The number of sulfonamides is 1. The summed E-state index contributed by atoms with van der Waals surface area (Å²) in [5, 5.41) is 3.32. The van der Waals surface area contributed by atoms with E-state index in [4.69, 9.17) is 11.6 Å². The molecule has 31 heavy (non-hydrogen) atoms. The third kappa shape index (κ3) is 5.27. The Morgan fingerprint density at radius 2 is 1.61 bits per heavy atom. The number of hydrogen-bond acceptors (Lipinski definition) is 3. The van der Waals surface area contributed by atoms with E-state index in [9.17, 15) is 13.2 Å². The van der Waals surface area contributed by atoms with Crippen molar-refractivity contribution in [3.63, 3.8) is 0 Å². The van der Waals surface area contributed by atoms with E-state index in [0.29, 0.717) is 16.3 Å². The number of carbonyl (C=O) groups excluding carboxylic acids is 1. The highest BCUT2D eigenvalue weighted by atomic mass is 35.5. The molecule has 3 rings (SSSR count). The first-order valence-electron chi connectivity index (χ1n) is 9.89. The summed E-state index contributed by atoms with van der Waals surface area (Å²) in [6.07, 6.45) is 0. The molecular formula is C24H25ClN2O3S. The second kappa shape index (κ2) is 9.54. The van der Waals surface area contributed by atoms with Crippen LogP contribution in [0.1, 0.15) is 29.7 Å². The van der Waals surface area contributed by atoms with E-state index in [1.54, 1.807) is 49.4 Å². The van der Waals surface area contributed by atoms with Crippen LogP contribution in [0.2, 0.25) is 5.02 Å². The summed E-state index contributed by atoms with van der Waals surface area (Å²) >= 11 is 6.25. The van der Waals surface area contributed by atoms with Crippen molar-refractivity contribution >= 4 is 33.2 Å². The molecule has 0 bridgehead atoms. The SMILES string of the molecule is Cc1ccc(S(=O)(=O)N(CC(=O)N[C@H](C)c2ccccc2)c2cccc(Cl)c2C)cc1. The Morgan fingerprint density at radius 1 is 0.968 bits per heavy atom. The van der Waals surface area contributed by atoms with Crippen LogP contribution < -0.4 is 9.62 Å². The molecule has 1 amide bonds. The number of carbonyl (C=O) groups is 1. The van der Waals surface area contributed by atoms with Gasteiger partial charge in [-0.05, 0) is 56.2 Å². The van der Waals surface area contributed by atoms with Gasteiger partial charge in [0, 0.05) is 5.02 Å². The Kier molecular flexibility index (Phi) is 7.03. The van der Waals surface area contributed by atoms with Crippen molar-refractivity contribution in [3.05, 3.63) is 94.5 Å². The van der Waals surface area contributed by atoms with Gasteiger partial charge in [0.2, 0.25) is 5.91 Å². The van der Waals surface area contributed by atoms with Crippen LogP contribution in [0.5, 0.6) is 0 Å². The molecule has 162 valence electrons. The Morgan fingerprint density at radius 3 is 2.26 bits per heavy atom. The second-order valence-corrected chi connectivity index (χ2v) is 9.68. The summed E-state index contributed by atoms with van der Waals surface area (Å²) in [4.78, 5) is 13.0. The van der Waals surface area contributed by atoms with Crippen molar-refractivity contribution in [2.24, 2.45) is 0 Å². The minimum atomic E-state index is -3.99. The zero-order valence-electron chi connectivity index (χ0n) is 17.7. The third-order valence-electron chi connectivity index (χ3n) is 5.08. The molecule has 5 nitrogen and oxygen atoms in total. The Balaban J connectivity index is 1.95. The van der Waals surface area contributed by atoms with Gasteiger partial charge in [-0.2, -0.15) is 0 Å². The largest absolute Gasteiger partial charge is 0.348 e. The monoisotopic (exact) mass is 456 g/mol. The van der Waals surface area contributed by atoms with Crippen LogP contribution in [0.3, 0.4) is 0 Å². The number of benzene rings is 3. The van der Waals surface area contributed by atoms with Crippen molar-refractivity contribution < 1.29 is 13.2 Å². The fraction of sp³-hybridized carbons (Fsp3) is 0.208. The topological polar surface area (TPSA) is 66.5 Å². The van der Waals surface area contributed by atoms with Gasteiger partial charge in [-0.15, -0.1) is 0 Å². The maximum absolute atomic E-state index is 13.5. The Labute approximate surface area is 188 Å². The summed E-state index contributed by atoms with van der Waals surface area (Å²) < 4.78 is 28.1. The van der Waals surface area contributed by atoms with Gasteiger partial charge >= 0.3 is 0 Å². The third-order valence-corrected chi connectivity index (χ3v) is 7.26. The van der Waals surface area contributed by atoms with Gasteiger partial charge in [0.1, 0.15) is 6.54 Å². The number of aryl methyl sites for hydroxylation is 1. The highest BCUT2D eigenvalue weighted by Crippen LogP contribution is 2.31. The number of rotatable bonds is 7. The molecule has 0 aliphatic carbocycles. The lowest BCUT2D eigenvalue weighted by Crippen LogP contribution is -2.42. The highest BCUT2D eigenvalue weighted by Gasteiger charge is 2.29. The normalized spacial score (nSPS) is 12.3. The van der Waals surface area contributed by atoms with Gasteiger partial charge < -0.3 is 5.32 Å². The van der Waals surface area contributed by atoms with Gasteiger partial charge in [0.05, 0.1) is 16.6 Å². The summed E-state index contributed by atoms with van der Waals surface area (Å²) in [6.45, 7) is 5.11. The summed E-state index contributed by atoms with van der Waals surface area (Å²) in [6, 6.07) is 20.8. The lowest BCUT2D eigenvalue weighted by Gasteiger charge is -2.27. The molecule has 3 aromatic carbocycles. The van der Waals surface area contributed by atoms with Crippen LogP contribution in [0.4, 0.5) is 5.69 Å². The van der Waals surface area contributed by atoms with Gasteiger partial charge in [-0.25, -0.2) is 8.42 Å². The first-order valence-corrected chi connectivity index (χ1v) is 11.7. The van der Waals surface area contributed by atoms with E-state index in [2.05, 4.69) is 5.32 Å². The number of nitrogens with one attached hydrogen (secondary N) is 1. The zero-order valence-corrected chi connectivity index (χ0v) is 19.2. The summed E-state index contributed by atoms with van der Waals surface area (Å²) in [7, 11) is -3.99. The zero-order chi connectivity index (χ0) is 22.6. The number of hydrogen-bond donors (Lipinski definition) is 1. The molecule has 0 aromatic heterocycles. The molecule has 0 aliphatic rings. The molecule has 0 spiro atoms.